The minimum atomic E-state index is -2.84. The predicted molar refractivity (Wildman–Crippen MR) is 138 cm³/mol. The molecule has 0 saturated carbocycles. The van der Waals surface area contributed by atoms with E-state index >= 15 is 0 Å². The van der Waals surface area contributed by atoms with Crippen molar-refractivity contribution in [3.63, 3.8) is 0 Å². The number of fused-ring (bicyclic) bond motifs is 1. The van der Waals surface area contributed by atoms with Gasteiger partial charge in [-0.1, -0.05) is 0 Å². The Labute approximate surface area is 221 Å². The standard InChI is InChI=1S/C9H7N7O2S.C7H15Cl2N2O2P.C2H6O/c1-15-4-14-7(16(17)18)9(15)19-8-5-6(11-2-10-5)12-3-13-8;8-2-5-11(6-3-9)14(12)10-4-1-7-13-14;1-2-3/h2-4H,1H3,(H,10,11,12,13);1-7H2,(H,10,12);3H,2H2,1H3. The third-order valence-corrected chi connectivity index (χ3v) is 8.18. The minimum Gasteiger partial charge on any atom is -0.397 e. The Balaban J connectivity index is 0.000000238. The van der Waals surface area contributed by atoms with Crippen LogP contribution in [0.25, 0.3) is 11.2 Å². The van der Waals surface area contributed by atoms with Crippen LogP contribution in [-0.2, 0) is 16.1 Å². The average molecular weight is 584 g/mol. The van der Waals surface area contributed by atoms with E-state index in [0.717, 1.165) is 24.7 Å². The smallest absolute Gasteiger partial charge is 0.396 e. The lowest BCUT2D eigenvalue weighted by atomic mass is 10.5. The molecule has 4 rings (SSSR count). The lowest BCUT2D eigenvalue weighted by Gasteiger charge is -2.33. The van der Waals surface area contributed by atoms with E-state index in [1.807, 2.05) is 0 Å². The number of imidazole rings is 2. The highest BCUT2D eigenvalue weighted by Gasteiger charge is 2.32. The second-order valence-corrected chi connectivity index (χ2v) is 10.8. The molecule has 0 aliphatic carbocycles. The zero-order valence-electron chi connectivity index (χ0n) is 19.7. The van der Waals surface area contributed by atoms with Crippen molar-refractivity contribution in [1.82, 2.24) is 39.2 Å². The first-order valence-electron chi connectivity index (χ1n) is 10.8. The van der Waals surface area contributed by atoms with E-state index in [1.165, 1.54) is 19.0 Å². The summed E-state index contributed by atoms with van der Waals surface area (Å²) < 4.78 is 20.8. The third kappa shape index (κ3) is 8.35. The molecule has 1 saturated heterocycles. The molecular weight excluding hydrogens is 556 g/mol. The fourth-order valence-electron chi connectivity index (χ4n) is 2.84. The van der Waals surface area contributed by atoms with Gasteiger partial charge in [0, 0.05) is 45.0 Å². The molecule has 3 aromatic rings. The van der Waals surface area contributed by atoms with Gasteiger partial charge in [-0.15, -0.1) is 23.2 Å². The molecule has 0 radical (unpaired) electrons. The summed E-state index contributed by atoms with van der Waals surface area (Å²) in [5, 5.41) is 22.3. The summed E-state index contributed by atoms with van der Waals surface area (Å²) in [6.45, 7) is 4.24. The van der Waals surface area contributed by atoms with Crippen molar-refractivity contribution < 1.29 is 19.1 Å². The number of hydrogen-bond acceptors (Lipinski definition) is 10. The van der Waals surface area contributed by atoms with Gasteiger partial charge in [-0.3, -0.25) is 4.57 Å². The Morgan fingerprint density at radius 2 is 2.00 bits per heavy atom. The molecule has 1 unspecified atom stereocenters. The highest BCUT2D eigenvalue weighted by molar-refractivity contribution is 7.99. The number of aliphatic hydroxyl groups is 1. The van der Waals surface area contributed by atoms with Gasteiger partial charge in [0.25, 0.3) is 0 Å². The number of aromatic nitrogens is 6. The SMILES string of the molecule is CCO.Cn1cnc([N+](=O)[O-])c1Sc1ncnc2nc[nH]c12.O=P1(N(CCCl)CCCl)NCCCO1. The van der Waals surface area contributed by atoms with Gasteiger partial charge in [0.1, 0.15) is 16.9 Å². The molecule has 200 valence electrons. The average Bonchev–Trinajstić information content (AvgIpc) is 3.48. The Morgan fingerprint density at radius 1 is 1.31 bits per heavy atom. The topological polar surface area (TPSA) is 177 Å². The highest BCUT2D eigenvalue weighted by Crippen LogP contribution is 2.48. The normalized spacial score (nSPS) is 17.3. The first-order chi connectivity index (χ1) is 17.3. The number of H-pyrrole nitrogens is 1. The number of aliphatic hydroxyl groups excluding tert-OH is 1. The van der Waals surface area contributed by atoms with Crippen molar-refractivity contribution in [3.05, 3.63) is 29.1 Å². The van der Waals surface area contributed by atoms with E-state index in [1.54, 1.807) is 23.2 Å². The molecule has 3 aromatic heterocycles. The van der Waals surface area contributed by atoms with Crippen LogP contribution < -0.4 is 5.09 Å². The van der Waals surface area contributed by atoms with E-state index < -0.39 is 12.6 Å². The van der Waals surface area contributed by atoms with Crippen molar-refractivity contribution in [3.8, 4) is 0 Å². The monoisotopic (exact) mass is 583 g/mol. The van der Waals surface area contributed by atoms with Gasteiger partial charge in [0.15, 0.2) is 10.7 Å². The number of aryl methyl sites for hydroxylation is 1. The molecule has 0 spiro atoms. The molecule has 18 heteroatoms. The number of hydrogen-bond donors (Lipinski definition) is 3. The summed E-state index contributed by atoms with van der Waals surface area (Å²) in [5.41, 5.74) is 1.16. The molecular formula is C18H28Cl2N9O5PS. The van der Waals surface area contributed by atoms with Crippen LogP contribution in [0, 0.1) is 10.1 Å². The van der Waals surface area contributed by atoms with E-state index in [4.69, 9.17) is 32.8 Å². The molecule has 1 aliphatic heterocycles. The molecule has 1 atom stereocenters. The number of halogens is 2. The van der Waals surface area contributed by atoms with Gasteiger partial charge < -0.3 is 29.3 Å². The molecule has 0 aromatic carbocycles. The molecule has 1 fully saturated rings. The van der Waals surface area contributed by atoms with Crippen LogP contribution in [0.3, 0.4) is 0 Å². The summed E-state index contributed by atoms with van der Waals surface area (Å²) in [7, 11) is -1.15. The molecule has 0 amide bonds. The quantitative estimate of drug-likeness (QED) is 0.116. The third-order valence-electron chi connectivity index (χ3n) is 4.38. The number of nitrogens with one attached hydrogen (secondary N) is 2. The fourth-order valence-corrected chi connectivity index (χ4v) is 6.43. The largest absolute Gasteiger partial charge is 0.397 e. The predicted octanol–water partition coefficient (Wildman–Crippen LogP) is 3.03. The van der Waals surface area contributed by atoms with E-state index in [-0.39, 0.29) is 12.4 Å². The minimum absolute atomic E-state index is 0.196. The van der Waals surface area contributed by atoms with Crippen LogP contribution in [-0.4, -0.2) is 88.8 Å². The Kier molecular flexibility index (Phi) is 13.0. The maximum atomic E-state index is 12.2. The van der Waals surface area contributed by atoms with Crippen molar-refractivity contribution in [2.45, 2.75) is 23.4 Å². The van der Waals surface area contributed by atoms with Crippen molar-refractivity contribution in [2.75, 3.05) is 44.6 Å². The fraction of sp³-hybridized carbons (Fsp3) is 0.556. The van der Waals surface area contributed by atoms with Gasteiger partial charge in [-0.05, 0) is 35.0 Å². The van der Waals surface area contributed by atoms with Gasteiger partial charge in [-0.2, -0.15) is 0 Å². The first-order valence-corrected chi connectivity index (χ1v) is 14.2. The second-order valence-electron chi connectivity index (χ2n) is 6.89. The van der Waals surface area contributed by atoms with E-state index in [2.05, 4.69) is 30.0 Å². The Morgan fingerprint density at radius 3 is 2.58 bits per heavy atom. The van der Waals surface area contributed by atoms with E-state index in [0.29, 0.717) is 52.7 Å². The number of rotatable bonds is 8. The number of nitro groups is 1. The van der Waals surface area contributed by atoms with Crippen LogP contribution in [0.4, 0.5) is 5.82 Å². The van der Waals surface area contributed by atoms with Crippen molar-refractivity contribution >= 4 is 59.6 Å². The molecule has 1 aliphatic rings. The summed E-state index contributed by atoms with van der Waals surface area (Å²) in [5.74, 6) is 0.650. The first kappa shape index (κ1) is 30.4. The van der Waals surface area contributed by atoms with E-state index in [9.17, 15) is 14.7 Å². The highest BCUT2D eigenvalue weighted by atomic mass is 35.5. The number of aromatic amines is 1. The zero-order valence-corrected chi connectivity index (χ0v) is 22.9. The van der Waals surface area contributed by atoms with Crippen LogP contribution in [0.2, 0.25) is 0 Å². The summed E-state index contributed by atoms with van der Waals surface area (Å²) >= 11 is 12.4. The Hall–Kier alpha value is -1.84. The van der Waals surface area contributed by atoms with Crippen LogP contribution >= 0.6 is 42.6 Å². The molecule has 3 N–H and O–H groups in total. The van der Waals surface area contributed by atoms with Crippen LogP contribution in [0.1, 0.15) is 13.3 Å². The van der Waals surface area contributed by atoms with Gasteiger partial charge in [0.05, 0.1) is 12.9 Å². The van der Waals surface area contributed by atoms with Gasteiger partial charge >= 0.3 is 13.5 Å². The zero-order chi connectivity index (χ0) is 26.6. The maximum absolute atomic E-state index is 12.2. The summed E-state index contributed by atoms with van der Waals surface area (Å²) in [4.78, 5) is 29.2. The molecule has 4 heterocycles. The van der Waals surface area contributed by atoms with Crippen molar-refractivity contribution in [2.24, 2.45) is 7.05 Å². The van der Waals surface area contributed by atoms with Crippen LogP contribution in [0.15, 0.2) is 29.0 Å². The van der Waals surface area contributed by atoms with Crippen molar-refractivity contribution in [1.29, 1.82) is 0 Å². The Bertz CT molecular complexity index is 1140. The lowest BCUT2D eigenvalue weighted by molar-refractivity contribution is -0.392. The number of nitrogens with zero attached hydrogens (tertiary/aromatic N) is 7. The summed E-state index contributed by atoms with van der Waals surface area (Å²) in [6.07, 6.45) is 5.15. The summed E-state index contributed by atoms with van der Waals surface area (Å²) in [6, 6.07) is 0. The van der Waals surface area contributed by atoms with Gasteiger partial charge in [0.2, 0.25) is 6.33 Å². The van der Waals surface area contributed by atoms with Crippen LogP contribution in [0.5, 0.6) is 0 Å². The number of alkyl halides is 2. The molecule has 14 nitrogen and oxygen atoms in total. The second kappa shape index (κ2) is 15.4. The van der Waals surface area contributed by atoms with Gasteiger partial charge in [-0.25, -0.2) is 24.7 Å². The lowest BCUT2D eigenvalue weighted by Crippen LogP contribution is -2.35. The molecule has 0 bridgehead atoms. The maximum Gasteiger partial charge on any atom is 0.396 e. The molecule has 36 heavy (non-hydrogen) atoms.